The van der Waals surface area contributed by atoms with Crippen LogP contribution in [0.25, 0.3) is 0 Å². The molecule has 0 amide bonds. The van der Waals surface area contributed by atoms with E-state index in [9.17, 15) is 0 Å². The molecular formula is C29H49N3O. The standard InChI is InChI=1S/C29H49N3O/c1-6-15-30-18-20-32(21-19-30)28-12-11-25(31-16-13-26(33-5)14-17-31)22-27(28)23-7-9-24(10-8-23)29(2,3)4/h11-12,22-24,26H,6-10,13-21H2,1-5H3. The van der Waals surface area contributed by atoms with Gasteiger partial charge in [0.1, 0.15) is 0 Å². The fraction of sp³-hybridized carbons (Fsp3) is 0.793. The number of hydrogen-bond acceptors (Lipinski definition) is 4. The van der Waals surface area contributed by atoms with E-state index in [0.29, 0.717) is 17.4 Å². The third-order valence-electron chi connectivity index (χ3n) is 8.80. The molecule has 4 rings (SSSR count). The Morgan fingerprint density at radius 2 is 1.52 bits per heavy atom. The summed E-state index contributed by atoms with van der Waals surface area (Å²) in [5.41, 5.74) is 5.04. The Labute approximate surface area is 203 Å². The maximum absolute atomic E-state index is 5.62. The van der Waals surface area contributed by atoms with Crippen molar-refractivity contribution < 1.29 is 4.74 Å². The van der Waals surface area contributed by atoms with Crippen molar-refractivity contribution in [1.29, 1.82) is 0 Å². The second kappa shape index (κ2) is 11.0. The molecule has 0 spiro atoms. The maximum atomic E-state index is 5.62. The van der Waals surface area contributed by atoms with Crippen LogP contribution < -0.4 is 9.80 Å². The topological polar surface area (TPSA) is 19.0 Å². The molecular weight excluding hydrogens is 406 g/mol. The third-order valence-corrected chi connectivity index (χ3v) is 8.80. The molecule has 2 aliphatic heterocycles. The quantitative estimate of drug-likeness (QED) is 0.512. The Kier molecular flexibility index (Phi) is 8.28. The lowest BCUT2D eigenvalue weighted by molar-refractivity contribution is 0.0819. The maximum Gasteiger partial charge on any atom is 0.0605 e. The molecule has 1 aliphatic carbocycles. The van der Waals surface area contributed by atoms with E-state index >= 15 is 0 Å². The highest BCUT2D eigenvalue weighted by molar-refractivity contribution is 5.63. The molecule has 1 saturated carbocycles. The van der Waals surface area contributed by atoms with E-state index in [1.54, 1.807) is 5.56 Å². The van der Waals surface area contributed by atoms with E-state index < -0.39 is 0 Å². The Bertz CT molecular complexity index is 734. The number of piperidine rings is 1. The van der Waals surface area contributed by atoms with Crippen LogP contribution in [-0.4, -0.2) is 63.9 Å². The predicted molar refractivity (Wildman–Crippen MR) is 142 cm³/mol. The van der Waals surface area contributed by atoms with Crippen LogP contribution in [0, 0.1) is 11.3 Å². The van der Waals surface area contributed by atoms with Gasteiger partial charge in [-0.3, -0.25) is 4.90 Å². The number of hydrogen-bond donors (Lipinski definition) is 0. The zero-order valence-corrected chi connectivity index (χ0v) is 22.1. The molecule has 3 aliphatic rings. The van der Waals surface area contributed by atoms with E-state index in [-0.39, 0.29) is 0 Å². The van der Waals surface area contributed by atoms with E-state index in [0.717, 1.165) is 31.8 Å². The second-order valence-corrected chi connectivity index (χ2v) is 11.9. The molecule has 33 heavy (non-hydrogen) atoms. The van der Waals surface area contributed by atoms with Gasteiger partial charge in [-0.05, 0) is 92.5 Å². The van der Waals surface area contributed by atoms with Crippen LogP contribution in [0.1, 0.15) is 84.1 Å². The second-order valence-electron chi connectivity index (χ2n) is 11.9. The average Bonchev–Trinajstić information content (AvgIpc) is 2.84. The summed E-state index contributed by atoms with van der Waals surface area (Å²) in [6.45, 7) is 17.8. The fourth-order valence-electron chi connectivity index (χ4n) is 6.50. The van der Waals surface area contributed by atoms with Crippen molar-refractivity contribution in [1.82, 2.24) is 4.90 Å². The van der Waals surface area contributed by atoms with Crippen LogP contribution in [0.2, 0.25) is 0 Å². The first-order valence-electron chi connectivity index (χ1n) is 13.8. The van der Waals surface area contributed by atoms with Gasteiger partial charge in [0.15, 0.2) is 0 Å². The van der Waals surface area contributed by atoms with Gasteiger partial charge in [0.25, 0.3) is 0 Å². The Balaban J connectivity index is 1.53. The number of benzene rings is 1. The van der Waals surface area contributed by atoms with Crippen molar-refractivity contribution >= 4 is 11.4 Å². The molecule has 4 heteroatoms. The molecule has 0 bridgehead atoms. The van der Waals surface area contributed by atoms with E-state index in [1.165, 1.54) is 76.2 Å². The largest absolute Gasteiger partial charge is 0.381 e. The molecule has 4 nitrogen and oxygen atoms in total. The summed E-state index contributed by atoms with van der Waals surface area (Å²) in [6.07, 6.45) is 9.43. The minimum Gasteiger partial charge on any atom is -0.381 e. The van der Waals surface area contributed by atoms with Crippen molar-refractivity contribution in [2.24, 2.45) is 11.3 Å². The third kappa shape index (κ3) is 6.06. The number of nitrogens with zero attached hydrogens (tertiary/aromatic N) is 3. The summed E-state index contributed by atoms with van der Waals surface area (Å²) in [7, 11) is 1.86. The van der Waals surface area contributed by atoms with E-state index in [1.807, 2.05) is 7.11 Å². The molecule has 2 saturated heterocycles. The van der Waals surface area contributed by atoms with Crippen LogP contribution in [0.15, 0.2) is 18.2 Å². The summed E-state index contributed by atoms with van der Waals surface area (Å²) >= 11 is 0. The van der Waals surface area contributed by atoms with Crippen LogP contribution in [0.4, 0.5) is 11.4 Å². The molecule has 186 valence electrons. The van der Waals surface area contributed by atoms with Crippen LogP contribution in [0.3, 0.4) is 0 Å². The van der Waals surface area contributed by atoms with Gasteiger partial charge < -0.3 is 14.5 Å². The van der Waals surface area contributed by atoms with Gasteiger partial charge in [0, 0.05) is 57.8 Å². The molecule has 2 heterocycles. The van der Waals surface area contributed by atoms with Crippen molar-refractivity contribution in [3.63, 3.8) is 0 Å². The summed E-state index contributed by atoms with van der Waals surface area (Å²) in [6, 6.07) is 7.46. The summed E-state index contributed by atoms with van der Waals surface area (Å²) in [4.78, 5) is 7.93. The van der Waals surface area contributed by atoms with Crippen LogP contribution >= 0.6 is 0 Å². The Hall–Kier alpha value is -1.26. The fourth-order valence-corrected chi connectivity index (χ4v) is 6.50. The first-order chi connectivity index (χ1) is 15.9. The first-order valence-corrected chi connectivity index (χ1v) is 13.8. The van der Waals surface area contributed by atoms with Crippen molar-refractivity contribution in [3.05, 3.63) is 23.8 Å². The molecule has 0 atom stereocenters. The molecule has 0 N–H and O–H groups in total. The van der Waals surface area contributed by atoms with Gasteiger partial charge in [-0.1, -0.05) is 27.7 Å². The predicted octanol–water partition coefficient (Wildman–Crippen LogP) is 6.15. The first kappa shape index (κ1) is 24.9. The molecule has 0 aromatic heterocycles. The highest BCUT2D eigenvalue weighted by Gasteiger charge is 2.32. The molecule has 0 unspecified atom stereocenters. The van der Waals surface area contributed by atoms with Gasteiger partial charge in [0.2, 0.25) is 0 Å². The van der Waals surface area contributed by atoms with Gasteiger partial charge in [-0.2, -0.15) is 0 Å². The summed E-state index contributed by atoms with van der Waals surface area (Å²) in [5.74, 6) is 1.58. The van der Waals surface area contributed by atoms with Gasteiger partial charge >= 0.3 is 0 Å². The number of piperazine rings is 1. The minimum absolute atomic E-state index is 0.437. The number of methoxy groups -OCH3 is 1. The lowest BCUT2D eigenvalue weighted by Gasteiger charge is -2.41. The van der Waals surface area contributed by atoms with E-state index in [4.69, 9.17) is 4.74 Å². The highest BCUT2D eigenvalue weighted by Crippen LogP contribution is 2.46. The molecule has 3 fully saturated rings. The SMILES string of the molecule is CCCN1CCN(c2ccc(N3CCC(OC)CC3)cc2C2CCC(C(C)(C)C)CC2)CC1. The lowest BCUT2D eigenvalue weighted by Crippen LogP contribution is -2.47. The monoisotopic (exact) mass is 455 g/mol. The van der Waals surface area contributed by atoms with Gasteiger partial charge in [-0.25, -0.2) is 0 Å². The van der Waals surface area contributed by atoms with E-state index in [2.05, 4.69) is 60.6 Å². The summed E-state index contributed by atoms with van der Waals surface area (Å²) in [5, 5.41) is 0. The van der Waals surface area contributed by atoms with Crippen molar-refractivity contribution in [2.75, 3.05) is 62.7 Å². The highest BCUT2D eigenvalue weighted by atomic mass is 16.5. The van der Waals surface area contributed by atoms with Gasteiger partial charge in [-0.15, -0.1) is 0 Å². The minimum atomic E-state index is 0.437. The van der Waals surface area contributed by atoms with Crippen molar-refractivity contribution in [2.45, 2.75) is 84.7 Å². The smallest absolute Gasteiger partial charge is 0.0605 e. The summed E-state index contributed by atoms with van der Waals surface area (Å²) < 4.78 is 5.62. The molecule has 1 aromatic carbocycles. The average molecular weight is 456 g/mol. The normalized spacial score (nSPS) is 26.1. The number of anilines is 2. The zero-order valence-electron chi connectivity index (χ0n) is 22.1. The van der Waals surface area contributed by atoms with Crippen LogP contribution in [-0.2, 0) is 4.74 Å². The zero-order chi connectivity index (χ0) is 23.4. The number of rotatable bonds is 6. The lowest BCUT2D eigenvalue weighted by atomic mass is 9.68. The number of ether oxygens (including phenoxy) is 1. The Morgan fingerprint density at radius 3 is 2.09 bits per heavy atom. The van der Waals surface area contributed by atoms with Gasteiger partial charge in [0.05, 0.1) is 6.10 Å². The van der Waals surface area contributed by atoms with Crippen LogP contribution in [0.5, 0.6) is 0 Å². The Morgan fingerprint density at radius 1 is 0.848 bits per heavy atom. The molecule has 0 radical (unpaired) electrons. The van der Waals surface area contributed by atoms with Crippen molar-refractivity contribution in [3.8, 4) is 0 Å². The molecule has 1 aromatic rings.